The molecule has 20 heavy (non-hydrogen) atoms. The molecule has 1 aromatic rings. The highest BCUT2D eigenvalue weighted by Crippen LogP contribution is 2.39. The third-order valence-corrected chi connectivity index (χ3v) is 4.38. The van der Waals surface area contributed by atoms with Crippen molar-refractivity contribution in [3.63, 3.8) is 0 Å². The summed E-state index contributed by atoms with van der Waals surface area (Å²) >= 11 is 3.45. The molecule has 0 spiro atoms. The average molecular weight is 343 g/mol. The Balaban J connectivity index is 2.34. The molecular weight excluding hydrogens is 323 g/mol. The van der Waals surface area contributed by atoms with E-state index < -0.39 is 5.82 Å². The molecule has 3 nitrogen and oxygen atoms in total. The van der Waals surface area contributed by atoms with E-state index in [0.717, 1.165) is 43.5 Å². The topological polar surface area (TPSA) is 35.5 Å². The predicted molar refractivity (Wildman–Crippen MR) is 82.4 cm³/mol. The number of hydrogen-bond donors (Lipinski definition) is 2. The lowest BCUT2D eigenvalue weighted by Gasteiger charge is -2.36. The van der Waals surface area contributed by atoms with E-state index in [-0.39, 0.29) is 11.8 Å². The lowest BCUT2D eigenvalue weighted by Crippen LogP contribution is -2.45. The smallest absolute Gasteiger partial charge is 0.165 e. The van der Waals surface area contributed by atoms with Gasteiger partial charge in [-0.15, -0.1) is 6.58 Å². The molecule has 2 rings (SSSR count). The highest BCUT2D eigenvalue weighted by Gasteiger charge is 2.27. The van der Waals surface area contributed by atoms with Crippen molar-refractivity contribution >= 4 is 15.9 Å². The maximum atomic E-state index is 13.7. The van der Waals surface area contributed by atoms with Gasteiger partial charge in [-0.1, -0.05) is 22.0 Å². The Labute approximate surface area is 127 Å². The normalized spacial score (nSPS) is 17.9. The highest BCUT2D eigenvalue weighted by atomic mass is 79.9. The van der Waals surface area contributed by atoms with E-state index in [2.05, 4.69) is 32.7 Å². The summed E-state index contributed by atoms with van der Waals surface area (Å²) in [5.74, 6) is -0.811. The molecule has 2 N–H and O–H groups in total. The molecule has 1 aliphatic heterocycles. The molecule has 0 aromatic heterocycles. The SMILES string of the molecule is C=CCC[C@@H](c1c(Br)ccc(F)c1O)N1CCNCC1. The van der Waals surface area contributed by atoms with Crippen LogP contribution in [0.4, 0.5) is 4.39 Å². The number of hydrogen-bond acceptors (Lipinski definition) is 3. The molecular formula is C15H20BrFN2O. The Bertz CT molecular complexity index is 475. The summed E-state index contributed by atoms with van der Waals surface area (Å²) in [7, 11) is 0. The summed E-state index contributed by atoms with van der Waals surface area (Å²) in [4.78, 5) is 2.29. The Hall–Kier alpha value is -0.910. The van der Waals surface area contributed by atoms with Crippen molar-refractivity contribution in [2.75, 3.05) is 26.2 Å². The highest BCUT2D eigenvalue weighted by molar-refractivity contribution is 9.10. The fraction of sp³-hybridized carbons (Fsp3) is 0.467. The first kappa shape index (κ1) is 15.5. The van der Waals surface area contributed by atoms with Gasteiger partial charge in [0, 0.05) is 42.3 Å². The van der Waals surface area contributed by atoms with E-state index in [1.165, 1.54) is 6.07 Å². The van der Waals surface area contributed by atoms with E-state index >= 15 is 0 Å². The summed E-state index contributed by atoms with van der Waals surface area (Å²) < 4.78 is 14.4. The molecule has 0 unspecified atom stereocenters. The van der Waals surface area contributed by atoms with Crippen LogP contribution >= 0.6 is 15.9 Å². The molecule has 0 aliphatic carbocycles. The largest absolute Gasteiger partial charge is 0.505 e. The number of allylic oxidation sites excluding steroid dienone is 1. The third kappa shape index (κ3) is 3.40. The van der Waals surface area contributed by atoms with Crippen LogP contribution in [0, 0.1) is 5.82 Å². The van der Waals surface area contributed by atoms with Crippen molar-refractivity contribution < 1.29 is 9.50 Å². The van der Waals surface area contributed by atoms with Crippen LogP contribution in [0.25, 0.3) is 0 Å². The predicted octanol–water partition coefficient (Wildman–Crippen LogP) is 3.21. The number of nitrogens with zero attached hydrogens (tertiary/aromatic N) is 1. The monoisotopic (exact) mass is 342 g/mol. The van der Waals surface area contributed by atoms with Crippen LogP contribution in [-0.2, 0) is 0 Å². The average Bonchev–Trinajstić information content (AvgIpc) is 2.47. The molecule has 1 fully saturated rings. The van der Waals surface area contributed by atoms with Gasteiger partial charge in [0.15, 0.2) is 11.6 Å². The van der Waals surface area contributed by atoms with E-state index in [1.807, 2.05) is 6.08 Å². The Morgan fingerprint density at radius 3 is 2.80 bits per heavy atom. The fourth-order valence-corrected chi connectivity index (χ4v) is 3.24. The second-order valence-corrected chi connectivity index (χ2v) is 5.81. The van der Waals surface area contributed by atoms with Gasteiger partial charge in [0.05, 0.1) is 0 Å². The van der Waals surface area contributed by atoms with Crippen LogP contribution in [0.2, 0.25) is 0 Å². The summed E-state index contributed by atoms with van der Waals surface area (Å²) in [6, 6.07) is 2.94. The van der Waals surface area contributed by atoms with Crippen molar-refractivity contribution in [1.82, 2.24) is 10.2 Å². The van der Waals surface area contributed by atoms with Crippen molar-refractivity contribution in [2.24, 2.45) is 0 Å². The first-order valence-corrected chi connectivity index (χ1v) is 7.67. The summed E-state index contributed by atoms with van der Waals surface area (Å²) in [6.45, 7) is 7.37. The van der Waals surface area contributed by atoms with Crippen LogP contribution in [0.1, 0.15) is 24.4 Å². The van der Waals surface area contributed by atoms with E-state index in [0.29, 0.717) is 5.56 Å². The maximum Gasteiger partial charge on any atom is 0.165 e. The zero-order valence-electron chi connectivity index (χ0n) is 11.4. The van der Waals surface area contributed by atoms with Crippen molar-refractivity contribution in [3.05, 3.63) is 40.6 Å². The Morgan fingerprint density at radius 1 is 1.45 bits per heavy atom. The van der Waals surface area contributed by atoms with Gasteiger partial charge in [-0.2, -0.15) is 0 Å². The standard InChI is InChI=1S/C15H20BrFN2O/c1-2-3-4-13(19-9-7-18-8-10-19)14-11(16)5-6-12(17)15(14)20/h2,5-6,13,18,20H,1,3-4,7-10H2/t13-/m0/s1. The first-order valence-electron chi connectivity index (χ1n) is 6.87. The summed E-state index contributed by atoms with van der Waals surface area (Å²) in [6.07, 6.45) is 3.51. The number of phenolic OH excluding ortho intramolecular Hbond substituents is 1. The number of halogens is 2. The van der Waals surface area contributed by atoms with E-state index in [4.69, 9.17) is 0 Å². The quantitative estimate of drug-likeness (QED) is 0.806. The van der Waals surface area contributed by atoms with Crippen LogP contribution in [-0.4, -0.2) is 36.2 Å². The molecule has 1 aliphatic rings. The van der Waals surface area contributed by atoms with Gasteiger partial charge in [-0.3, -0.25) is 4.90 Å². The minimum absolute atomic E-state index is 0.000162. The lowest BCUT2D eigenvalue weighted by molar-refractivity contribution is 0.162. The van der Waals surface area contributed by atoms with Crippen molar-refractivity contribution in [2.45, 2.75) is 18.9 Å². The van der Waals surface area contributed by atoms with Crippen molar-refractivity contribution in [3.8, 4) is 5.75 Å². The van der Waals surface area contributed by atoms with Gasteiger partial charge in [-0.25, -0.2) is 4.39 Å². The molecule has 1 atom stereocenters. The van der Waals surface area contributed by atoms with Gasteiger partial charge in [0.2, 0.25) is 0 Å². The maximum absolute atomic E-state index is 13.7. The Morgan fingerprint density at radius 2 is 2.15 bits per heavy atom. The number of nitrogens with one attached hydrogen (secondary N) is 1. The summed E-state index contributed by atoms with van der Waals surface area (Å²) in [5, 5.41) is 13.4. The van der Waals surface area contributed by atoms with Gasteiger partial charge < -0.3 is 10.4 Å². The molecule has 1 aromatic carbocycles. The van der Waals surface area contributed by atoms with Crippen LogP contribution in [0.15, 0.2) is 29.3 Å². The van der Waals surface area contributed by atoms with Crippen LogP contribution in [0.3, 0.4) is 0 Å². The summed E-state index contributed by atoms with van der Waals surface area (Å²) in [5.41, 5.74) is 0.647. The van der Waals surface area contributed by atoms with E-state index in [9.17, 15) is 9.50 Å². The molecule has 110 valence electrons. The molecule has 1 heterocycles. The third-order valence-electron chi connectivity index (χ3n) is 3.68. The second-order valence-electron chi connectivity index (χ2n) is 4.96. The Kier molecular flexibility index (Phi) is 5.57. The molecule has 1 saturated heterocycles. The van der Waals surface area contributed by atoms with Crippen molar-refractivity contribution in [1.29, 1.82) is 0 Å². The lowest BCUT2D eigenvalue weighted by atomic mass is 9.98. The molecule has 5 heteroatoms. The number of piperazine rings is 1. The van der Waals surface area contributed by atoms with Gasteiger partial charge >= 0.3 is 0 Å². The van der Waals surface area contributed by atoms with E-state index in [1.54, 1.807) is 6.07 Å². The molecule has 0 amide bonds. The molecule has 0 saturated carbocycles. The first-order chi connectivity index (χ1) is 9.65. The number of aromatic hydroxyl groups is 1. The zero-order chi connectivity index (χ0) is 14.5. The molecule has 0 bridgehead atoms. The van der Waals surface area contributed by atoms with Crippen LogP contribution < -0.4 is 5.32 Å². The minimum Gasteiger partial charge on any atom is -0.505 e. The number of benzene rings is 1. The second kappa shape index (κ2) is 7.20. The zero-order valence-corrected chi connectivity index (χ0v) is 13.0. The van der Waals surface area contributed by atoms with Gasteiger partial charge in [0.1, 0.15) is 0 Å². The van der Waals surface area contributed by atoms with Gasteiger partial charge in [0.25, 0.3) is 0 Å². The molecule has 0 radical (unpaired) electrons. The number of rotatable bonds is 5. The minimum atomic E-state index is -0.568. The van der Waals surface area contributed by atoms with Gasteiger partial charge in [-0.05, 0) is 25.0 Å². The number of phenols is 1. The fourth-order valence-electron chi connectivity index (χ4n) is 2.65. The van der Waals surface area contributed by atoms with Crippen LogP contribution in [0.5, 0.6) is 5.75 Å².